The molecule has 5 saturated carbocycles. The predicted molar refractivity (Wildman–Crippen MR) is 78.8 cm³/mol. The second-order valence-corrected chi connectivity index (χ2v) is 9.32. The van der Waals surface area contributed by atoms with Crippen molar-refractivity contribution < 1.29 is 0 Å². The summed E-state index contributed by atoms with van der Waals surface area (Å²) in [5, 5.41) is 0. The van der Waals surface area contributed by atoms with Gasteiger partial charge in [-0.1, -0.05) is 26.2 Å². The maximum absolute atomic E-state index is 2.65. The zero-order chi connectivity index (χ0) is 12.7. The lowest BCUT2D eigenvalue weighted by atomic mass is 9.50. The molecule has 5 aliphatic carbocycles. The van der Waals surface area contributed by atoms with Gasteiger partial charge < -0.3 is 0 Å². The lowest BCUT2D eigenvalue weighted by Crippen LogP contribution is -2.46. The first-order chi connectivity index (χ1) is 9.19. The van der Waals surface area contributed by atoms with E-state index in [2.05, 4.69) is 6.92 Å². The lowest BCUT2D eigenvalue weighted by Gasteiger charge is -2.54. The molecule has 0 saturated heterocycles. The first kappa shape index (κ1) is 11.6. The highest BCUT2D eigenvalue weighted by molar-refractivity contribution is 5.23. The van der Waals surface area contributed by atoms with Crippen LogP contribution in [0.15, 0.2) is 0 Å². The molecule has 0 heteroatoms. The van der Waals surface area contributed by atoms with Gasteiger partial charge in [0.15, 0.2) is 0 Å². The van der Waals surface area contributed by atoms with Gasteiger partial charge in [0.25, 0.3) is 0 Å². The molecule has 0 N–H and O–H groups in total. The Morgan fingerprint density at radius 1 is 0.737 bits per heavy atom. The van der Waals surface area contributed by atoms with E-state index in [0.717, 1.165) is 34.0 Å². The minimum absolute atomic E-state index is 0.765. The minimum atomic E-state index is 0.765. The molecule has 106 valence electrons. The van der Waals surface area contributed by atoms with Crippen LogP contribution in [0.25, 0.3) is 0 Å². The Balaban J connectivity index is 1.51. The molecule has 0 bridgehead atoms. The van der Waals surface area contributed by atoms with Crippen molar-refractivity contribution in [3.8, 4) is 0 Å². The van der Waals surface area contributed by atoms with Gasteiger partial charge in [-0.15, -0.1) is 0 Å². The molecule has 0 aliphatic heterocycles. The highest BCUT2D eigenvalue weighted by atomic mass is 14.8. The summed E-state index contributed by atoms with van der Waals surface area (Å²) >= 11 is 0. The van der Waals surface area contributed by atoms with Gasteiger partial charge in [-0.2, -0.15) is 0 Å². The zero-order valence-corrected chi connectivity index (χ0v) is 12.7. The molecule has 0 nitrogen and oxygen atoms in total. The SMILES string of the molecule is C[C@@]12CCC[C@H]1[C@@H]1CCC34CCCCC3(C4)[C@H]1CC2. The fraction of sp³-hybridized carbons (Fsp3) is 1.00. The number of rotatable bonds is 0. The Morgan fingerprint density at radius 3 is 2.58 bits per heavy atom. The summed E-state index contributed by atoms with van der Waals surface area (Å²) in [5.41, 5.74) is 2.54. The fourth-order valence-corrected chi connectivity index (χ4v) is 8.14. The van der Waals surface area contributed by atoms with Gasteiger partial charge in [0, 0.05) is 0 Å². The van der Waals surface area contributed by atoms with E-state index < -0.39 is 0 Å². The maximum atomic E-state index is 2.65. The van der Waals surface area contributed by atoms with Crippen molar-refractivity contribution in [2.45, 2.75) is 84.0 Å². The van der Waals surface area contributed by atoms with Crippen LogP contribution in [-0.2, 0) is 0 Å². The molecule has 6 atom stereocenters. The van der Waals surface area contributed by atoms with Gasteiger partial charge in [-0.3, -0.25) is 0 Å². The van der Waals surface area contributed by atoms with E-state index in [1.165, 1.54) is 0 Å². The maximum Gasteiger partial charge on any atom is -0.0204 e. The topological polar surface area (TPSA) is 0 Å². The van der Waals surface area contributed by atoms with Crippen LogP contribution in [0.1, 0.15) is 84.0 Å². The Morgan fingerprint density at radius 2 is 1.63 bits per heavy atom. The largest absolute Gasteiger partial charge is 0.0594 e. The third-order valence-corrected chi connectivity index (χ3v) is 9.00. The van der Waals surface area contributed by atoms with Crippen molar-refractivity contribution >= 4 is 0 Å². The average Bonchev–Trinajstić information content (AvgIpc) is 2.97. The van der Waals surface area contributed by atoms with Gasteiger partial charge in [-0.25, -0.2) is 0 Å². The number of fused-ring (bicyclic) bond motifs is 3. The average molecular weight is 258 g/mol. The summed E-state index contributed by atoms with van der Waals surface area (Å²) in [4.78, 5) is 0. The molecular weight excluding hydrogens is 228 g/mol. The second kappa shape index (κ2) is 3.42. The zero-order valence-electron chi connectivity index (χ0n) is 12.7. The van der Waals surface area contributed by atoms with E-state index in [-0.39, 0.29) is 0 Å². The molecule has 0 aromatic rings. The highest BCUT2D eigenvalue weighted by Gasteiger charge is 2.74. The van der Waals surface area contributed by atoms with Crippen LogP contribution in [0.2, 0.25) is 0 Å². The molecule has 0 spiro atoms. The van der Waals surface area contributed by atoms with Gasteiger partial charge in [-0.05, 0) is 91.8 Å². The van der Waals surface area contributed by atoms with Gasteiger partial charge in [0.2, 0.25) is 0 Å². The van der Waals surface area contributed by atoms with Crippen molar-refractivity contribution in [1.29, 1.82) is 0 Å². The summed E-state index contributed by atoms with van der Waals surface area (Å²) in [6, 6.07) is 0. The fourth-order valence-electron chi connectivity index (χ4n) is 8.14. The standard InChI is InChI=1S/C19H30/c1-17-8-4-5-15(17)14-6-12-18-9-2-3-10-19(18,13-18)16(14)7-11-17/h14-16H,2-13H2,1H3/t14-,15-,16-,17-,18?,19?/m0/s1. The van der Waals surface area contributed by atoms with Gasteiger partial charge >= 0.3 is 0 Å². The first-order valence-corrected chi connectivity index (χ1v) is 9.19. The quantitative estimate of drug-likeness (QED) is 0.533. The third kappa shape index (κ3) is 1.24. The number of hydrogen-bond acceptors (Lipinski definition) is 0. The van der Waals surface area contributed by atoms with Crippen molar-refractivity contribution in [3.05, 3.63) is 0 Å². The summed E-state index contributed by atoms with van der Waals surface area (Å²) < 4.78 is 0. The van der Waals surface area contributed by atoms with Crippen LogP contribution in [0.3, 0.4) is 0 Å². The molecule has 2 unspecified atom stereocenters. The van der Waals surface area contributed by atoms with Crippen molar-refractivity contribution in [2.24, 2.45) is 34.0 Å². The van der Waals surface area contributed by atoms with E-state index >= 15 is 0 Å². The lowest BCUT2D eigenvalue weighted by molar-refractivity contribution is -0.0513. The van der Waals surface area contributed by atoms with Crippen molar-refractivity contribution in [2.75, 3.05) is 0 Å². The normalized spacial score (nSPS) is 62.7. The third-order valence-electron chi connectivity index (χ3n) is 9.00. The first-order valence-electron chi connectivity index (χ1n) is 9.19. The van der Waals surface area contributed by atoms with E-state index in [1.54, 1.807) is 77.0 Å². The van der Waals surface area contributed by atoms with Crippen LogP contribution in [-0.4, -0.2) is 0 Å². The smallest absolute Gasteiger partial charge is 0.0204 e. The van der Waals surface area contributed by atoms with Crippen LogP contribution in [0, 0.1) is 34.0 Å². The van der Waals surface area contributed by atoms with Crippen molar-refractivity contribution in [3.63, 3.8) is 0 Å². The molecule has 5 aliphatic rings. The second-order valence-electron chi connectivity index (χ2n) is 9.32. The molecule has 19 heavy (non-hydrogen) atoms. The van der Waals surface area contributed by atoms with Crippen LogP contribution in [0.4, 0.5) is 0 Å². The molecule has 0 radical (unpaired) electrons. The molecule has 0 heterocycles. The van der Waals surface area contributed by atoms with E-state index in [0.29, 0.717) is 0 Å². The molecule has 0 amide bonds. The molecule has 5 fully saturated rings. The Bertz CT molecular complexity index is 412. The van der Waals surface area contributed by atoms with Crippen LogP contribution in [0.5, 0.6) is 0 Å². The van der Waals surface area contributed by atoms with Crippen molar-refractivity contribution in [1.82, 2.24) is 0 Å². The summed E-state index contributed by atoms with van der Waals surface area (Å²) in [6.07, 6.45) is 19.1. The number of hydrogen-bond donors (Lipinski definition) is 0. The summed E-state index contributed by atoms with van der Waals surface area (Å²) in [5.74, 6) is 3.44. The summed E-state index contributed by atoms with van der Waals surface area (Å²) in [7, 11) is 0. The Kier molecular flexibility index (Phi) is 2.09. The van der Waals surface area contributed by atoms with E-state index in [1.807, 2.05) is 0 Å². The van der Waals surface area contributed by atoms with Gasteiger partial charge in [0.05, 0.1) is 0 Å². The van der Waals surface area contributed by atoms with Gasteiger partial charge in [0.1, 0.15) is 0 Å². The van der Waals surface area contributed by atoms with E-state index in [9.17, 15) is 0 Å². The van der Waals surface area contributed by atoms with E-state index in [4.69, 9.17) is 0 Å². The molecule has 0 aromatic carbocycles. The highest BCUT2D eigenvalue weighted by Crippen LogP contribution is 2.82. The molecule has 5 rings (SSSR count). The predicted octanol–water partition coefficient (Wildman–Crippen LogP) is 5.56. The van der Waals surface area contributed by atoms with Crippen LogP contribution >= 0.6 is 0 Å². The monoisotopic (exact) mass is 258 g/mol. The molecular formula is C19H30. The Hall–Kier alpha value is 0. The molecule has 0 aromatic heterocycles. The minimum Gasteiger partial charge on any atom is -0.0594 e. The Labute approximate surface area is 118 Å². The van der Waals surface area contributed by atoms with Crippen LogP contribution < -0.4 is 0 Å². The summed E-state index contributed by atoms with van der Waals surface area (Å²) in [6.45, 7) is 2.65.